The highest BCUT2D eigenvalue weighted by atomic mass is 127. The Balaban J connectivity index is 1.44. The molecule has 0 saturated carbocycles. The fraction of sp³-hybridized carbons (Fsp3) is 0.333. The molecule has 1 aromatic carbocycles. The van der Waals surface area contributed by atoms with Gasteiger partial charge in [0.1, 0.15) is 5.65 Å². The number of anilines is 1. The third-order valence-electron chi connectivity index (χ3n) is 5.97. The monoisotopic (exact) mass is 569 g/mol. The third-order valence-corrected chi connectivity index (χ3v) is 6.59. The number of hydrogen-bond donors (Lipinski definition) is 2. The summed E-state index contributed by atoms with van der Waals surface area (Å²) in [4.78, 5) is 23.0. The van der Waals surface area contributed by atoms with Crippen molar-refractivity contribution in [1.82, 2.24) is 19.9 Å². The van der Waals surface area contributed by atoms with Crippen molar-refractivity contribution < 1.29 is 0 Å². The van der Waals surface area contributed by atoms with Gasteiger partial charge in [-0.3, -0.25) is 4.79 Å². The molecular weight excluding hydrogens is 537 g/mol. The number of nitrogens with one attached hydrogen (secondary N) is 2. The minimum absolute atomic E-state index is 0.00774. The van der Waals surface area contributed by atoms with E-state index in [0.29, 0.717) is 12.1 Å². The average molecular weight is 569 g/mol. The number of fused-ring (bicyclic) bond motifs is 3. The van der Waals surface area contributed by atoms with E-state index >= 15 is 0 Å². The van der Waals surface area contributed by atoms with Crippen molar-refractivity contribution in [3.8, 4) is 0 Å². The number of aromatic nitrogens is 3. The number of aromatic amines is 1. The lowest BCUT2D eigenvalue weighted by molar-refractivity contribution is 0.738. The maximum absolute atomic E-state index is 12.9. The molecule has 0 amide bonds. The zero-order valence-corrected chi connectivity index (χ0v) is 22.2. The predicted molar refractivity (Wildman–Crippen MR) is 152 cm³/mol. The summed E-state index contributed by atoms with van der Waals surface area (Å²) in [7, 11) is 1.82. The van der Waals surface area contributed by atoms with E-state index in [9.17, 15) is 4.79 Å². The Morgan fingerprint density at radius 2 is 1.97 bits per heavy atom. The molecule has 3 heterocycles. The molecule has 0 bridgehead atoms. The molecule has 178 valence electrons. The number of nitrogens with zero attached hydrogens (tertiary/aromatic N) is 3. The molecule has 0 radical (unpaired) electrons. The first-order chi connectivity index (χ1) is 16.5. The topological polar surface area (TPSA) is 66.0 Å². The van der Waals surface area contributed by atoms with Crippen molar-refractivity contribution >= 4 is 56.3 Å². The minimum Gasteiger partial charge on any atom is -0.372 e. The molecule has 4 aromatic rings. The van der Waals surface area contributed by atoms with Crippen molar-refractivity contribution in [3.63, 3.8) is 0 Å². The summed E-state index contributed by atoms with van der Waals surface area (Å²) in [6.07, 6.45) is 9.87. The van der Waals surface area contributed by atoms with Gasteiger partial charge in [0.15, 0.2) is 0 Å². The maximum atomic E-state index is 12.9. The Bertz CT molecular complexity index is 1360. The van der Waals surface area contributed by atoms with Crippen LogP contribution in [0.15, 0.2) is 53.6 Å². The van der Waals surface area contributed by atoms with Gasteiger partial charge in [-0.25, -0.2) is 4.98 Å². The van der Waals surface area contributed by atoms with Gasteiger partial charge < -0.3 is 19.8 Å². The predicted octanol–water partition coefficient (Wildman–Crippen LogP) is 5.45. The minimum atomic E-state index is -0.00774. The quantitative estimate of drug-likeness (QED) is 0.197. The molecule has 0 spiro atoms. The smallest absolute Gasteiger partial charge is 0.258 e. The molecule has 2 N–H and O–H groups in total. The van der Waals surface area contributed by atoms with Gasteiger partial charge in [-0.15, -0.1) is 0 Å². The second-order valence-electron chi connectivity index (χ2n) is 8.60. The molecule has 34 heavy (non-hydrogen) atoms. The van der Waals surface area contributed by atoms with Crippen molar-refractivity contribution in [2.75, 3.05) is 24.5 Å². The zero-order chi connectivity index (χ0) is 24.1. The van der Waals surface area contributed by atoms with Crippen molar-refractivity contribution in [1.29, 1.82) is 0 Å². The van der Waals surface area contributed by atoms with Gasteiger partial charge in [0, 0.05) is 71.2 Å². The fourth-order valence-corrected chi connectivity index (χ4v) is 5.17. The standard InChI is InChI=1S/C27H32IN5O/c1-4-11-33(12-5-2)23-14-19(13-22(28)16-23)17-29-9-6-7-20-15-21-18-31-26-24(8-10-30-26)25(21)32(3)27(20)34/h6-8,10,13-16,18,29H,4-5,9,11-12,17H2,1-3H3,(H,30,31)/b7-6+. The molecular formula is C27H32IN5O. The van der Waals surface area contributed by atoms with Crippen LogP contribution in [0.1, 0.15) is 37.8 Å². The van der Waals surface area contributed by atoms with Crippen LogP contribution in [0.4, 0.5) is 5.69 Å². The van der Waals surface area contributed by atoms with Crippen LogP contribution in [0.2, 0.25) is 0 Å². The lowest BCUT2D eigenvalue weighted by atomic mass is 10.1. The molecule has 0 unspecified atom stereocenters. The summed E-state index contributed by atoms with van der Waals surface area (Å²) in [5.41, 5.74) is 4.93. The SMILES string of the molecule is CCCN(CCC)c1cc(I)cc(CNC/C=C/c2cc3cnc4[nH]ccc4c3n(C)c2=O)c1. The lowest BCUT2D eigenvalue weighted by Gasteiger charge is -2.24. The molecule has 0 atom stereocenters. The first kappa shape index (κ1) is 24.5. The number of hydrogen-bond acceptors (Lipinski definition) is 4. The van der Waals surface area contributed by atoms with Crippen molar-refractivity contribution in [3.05, 3.63) is 73.9 Å². The Labute approximate surface area is 214 Å². The zero-order valence-electron chi connectivity index (χ0n) is 20.1. The van der Waals surface area contributed by atoms with Crippen LogP contribution in [-0.4, -0.2) is 34.2 Å². The summed E-state index contributed by atoms with van der Waals surface area (Å²) < 4.78 is 2.97. The van der Waals surface area contributed by atoms with E-state index < -0.39 is 0 Å². The van der Waals surface area contributed by atoms with Crippen LogP contribution in [0, 0.1) is 3.57 Å². The van der Waals surface area contributed by atoms with E-state index in [-0.39, 0.29) is 5.56 Å². The first-order valence-corrected chi connectivity index (χ1v) is 13.0. The van der Waals surface area contributed by atoms with Crippen LogP contribution in [0.3, 0.4) is 0 Å². The van der Waals surface area contributed by atoms with Gasteiger partial charge in [0.2, 0.25) is 0 Å². The number of halogens is 1. The average Bonchev–Trinajstić information content (AvgIpc) is 3.30. The molecule has 0 fully saturated rings. The largest absolute Gasteiger partial charge is 0.372 e. The summed E-state index contributed by atoms with van der Waals surface area (Å²) in [6.45, 7) is 8.08. The normalized spacial score (nSPS) is 11.8. The fourth-order valence-electron chi connectivity index (χ4n) is 4.45. The van der Waals surface area contributed by atoms with Crippen LogP contribution in [0.5, 0.6) is 0 Å². The number of H-pyrrole nitrogens is 1. The Morgan fingerprint density at radius 3 is 2.74 bits per heavy atom. The van der Waals surface area contributed by atoms with Gasteiger partial charge in [-0.05, 0) is 71.3 Å². The van der Waals surface area contributed by atoms with Gasteiger partial charge in [-0.2, -0.15) is 0 Å². The number of aryl methyl sites for hydroxylation is 1. The highest BCUT2D eigenvalue weighted by Gasteiger charge is 2.10. The van der Waals surface area contributed by atoms with Gasteiger partial charge >= 0.3 is 0 Å². The van der Waals surface area contributed by atoms with Crippen molar-refractivity contribution in [2.45, 2.75) is 33.2 Å². The second-order valence-corrected chi connectivity index (χ2v) is 9.85. The van der Waals surface area contributed by atoms with Crippen LogP contribution >= 0.6 is 22.6 Å². The summed E-state index contributed by atoms with van der Waals surface area (Å²) in [5, 5.41) is 5.40. The molecule has 0 saturated heterocycles. The van der Waals surface area contributed by atoms with E-state index in [0.717, 1.165) is 54.4 Å². The van der Waals surface area contributed by atoms with Crippen LogP contribution in [-0.2, 0) is 13.6 Å². The Morgan fingerprint density at radius 1 is 1.18 bits per heavy atom. The van der Waals surface area contributed by atoms with Crippen LogP contribution in [0.25, 0.3) is 28.0 Å². The van der Waals surface area contributed by atoms with E-state index in [1.54, 1.807) is 4.57 Å². The highest BCUT2D eigenvalue weighted by molar-refractivity contribution is 14.1. The number of benzene rings is 1. The summed E-state index contributed by atoms with van der Waals surface area (Å²) >= 11 is 2.40. The summed E-state index contributed by atoms with van der Waals surface area (Å²) in [5.74, 6) is 0. The van der Waals surface area contributed by atoms with E-state index in [1.807, 2.05) is 43.7 Å². The van der Waals surface area contributed by atoms with Gasteiger partial charge in [0.25, 0.3) is 5.56 Å². The number of rotatable bonds is 10. The van der Waals surface area contributed by atoms with Gasteiger partial charge in [0.05, 0.1) is 5.52 Å². The van der Waals surface area contributed by atoms with Gasteiger partial charge in [-0.1, -0.05) is 26.0 Å². The molecule has 3 aromatic heterocycles. The molecule has 0 aliphatic heterocycles. The molecule has 6 nitrogen and oxygen atoms in total. The summed E-state index contributed by atoms with van der Waals surface area (Å²) in [6, 6.07) is 10.7. The molecule has 0 aliphatic carbocycles. The maximum Gasteiger partial charge on any atom is 0.258 e. The van der Waals surface area contributed by atoms with Crippen molar-refractivity contribution in [2.24, 2.45) is 7.05 Å². The van der Waals surface area contributed by atoms with Crippen LogP contribution < -0.4 is 15.8 Å². The van der Waals surface area contributed by atoms with E-state index in [1.165, 1.54) is 14.8 Å². The highest BCUT2D eigenvalue weighted by Crippen LogP contribution is 2.23. The first-order valence-electron chi connectivity index (χ1n) is 11.9. The number of pyridine rings is 2. The van der Waals surface area contributed by atoms with E-state index in [4.69, 9.17) is 0 Å². The van der Waals surface area contributed by atoms with E-state index in [2.05, 4.69) is 74.8 Å². The second kappa shape index (κ2) is 11.2. The lowest BCUT2D eigenvalue weighted by Crippen LogP contribution is -2.25. The Kier molecular flexibility index (Phi) is 8.05. The third kappa shape index (κ3) is 5.36. The molecule has 4 rings (SSSR count). The molecule has 7 heteroatoms. The Hall–Kier alpha value is -2.65. The molecule has 0 aliphatic rings.